The Kier molecular flexibility index (Phi) is 8.06. The minimum Gasteiger partial charge on any atom is -0.361 e. The lowest BCUT2D eigenvalue weighted by Crippen LogP contribution is -2.45. The molecule has 2 N–H and O–H groups in total. The van der Waals surface area contributed by atoms with Gasteiger partial charge >= 0.3 is 6.03 Å². The van der Waals surface area contributed by atoms with Crippen LogP contribution in [0.1, 0.15) is 29.5 Å². The molecule has 0 bridgehead atoms. The largest absolute Gasteiger partial charge is 0.361 e. The van der Waals surface area contributed by atoms with E-state index < -0.39 is 0 Å². The highest BCUT2D eigenvalue weighted by Gasteiger charge is 2.35. The molecule has 5 rings (SSSR count). The average molecular weight is 560 g/mol. The number of rotatable bonds is 9. The Hall–Kier alpha value is -3.99. The number of halogens is 2. The zero-order valence-corrected chi connectivity index (χ0v) is 22.7. The molecule has 0 unspecified atom stereocenters. The van der Waals surface area contributed by atoms with Gasteiger partial charge < -0.3 is 20.1 Å². The first-order valence-corrected chi connectivity index (χ1v) is 13.5. The highest BCUT2D eigenvalue weighted by molar-refractivity contribution is 6.42. The molecular formula is C30H27Cl2N5O2. The highest BCUT2D eigenvalue weighted by Crippen LogP contribution is 2.28. The van der Waals surface area contributed by atoms with Crippen LogP contribution in [0.5, 0.6) is 0 Å². The number of hydrogen-bond donors (Lipinski definition) is 2. The number of nitriles is 1. The number of benzene rings is 3. The summed E-state index contributed by atoms with van der Waals surface area (Å²) in [6.45, 7) is 0.770. The molecule has 7 nitrogen and oxygen atoms in total. The smallest absolute Gasteiger partial charge is 0.322 e. The predicted molar refractivity (Wildman–Crippen MR) is 154 cm³/mol. The lowest BCUT2D eigenvalue weighted by Gasteiger charge is -2.28. The van der Waals surface area contributed by atoms with Crippen molar-refractivity contribution in [1.29, 1.82) is 5.26 Å². The van der Waals surface area contributed by atoms with E-state index in [0.29, 0.717) is 40.8 Å². The third-order valence-corrected chi connectivity index (χ3v) is 7.59. The van der Waals surface area contributed by atoms with Crippen LogP contribution >= 0.6 is 23.2 Å². The number of hydrogen-bond acceptors (Lipinski definition) is 3. The van der Waals surface area contributed by atoms with Gasteiger partial charge in [0.2, 0.25) is 5.91 Å². The molecule has 1 aliphatic rings. The Balaban J connectivity index is 1.32. The molecule has 3 aromatic carbocycles. The number of aromatic amines is 1. The summed E-state index contributed by atoms with van der Waals surface area (Å²) in [6, 6.07) is 21.8. The maximum absolute atomic E-state index is 13.7. The first-order chi connectivity index (χ1) is 18.9. The third-order valence-electron chi connectivity index (χ3n) is 6.86. The van der Waals surface area contributed by atoms with Gasteiger partial charge in [-0.2, -0.15) is 5.26 Å². The van der Waals surface area contributed by atoms with Crippen LogP contribution in [0.3, 0.4) is 0 Å². The van der Waals surface area contributed by atoms with Gasteiger partial charge in [-0.1, -0.05) is 47.5 Å². The number of para-hydroxylation sites is 1. The van der Waals surface area contributed by atoms with Crippen molar-refractivity contribution in [2.45, 2.75) is 31.8 Å². The van der Waals surface area contributed by atoms with Gasteiger partial charge in [-0.15, -0.1) is 0 Å². The number of anilines is 1. The number of nitrogens with zero attached hydrogens (tertiary/aromatic N) is 3. The first kappa shape index (κ1) is 26.6. The van der Waals surface area contributed by atoms with Crippen LogP contribution in [-0.4, -0.2) is 45.9 Å². The Bertz CT molecular complexity index is 1540. The summed E-state index contributed by atoms with van der Waals surface area (Å²) in [6.07, 6.45) is 4.35. The molecule has 1 saturated carbocycles. The van der Waals surface area contributed by atoms with Crippen LogP contribution in [0.4, 0.5) is 10.5 Å². The predicted octanol–water partition coefficient (Wildman–Crippen LogP) is 6.61. The summed E-state index contributed by atoms with van der Waals surface area (Å²) in [5.74, 6) is -0.150. The highest BCUT2D eigenvalue weighted by atomic mass is 35.5. The number of carbonyl (C=O) groups excluding carboxylic acids is 2. The molecule has 0 radical (unpaired) electrons. The topological polar surface area (TPSA) is 92.2 Å². The Labute approximate surface area is 236 Å². The molecule has 1 heterocycles. The number of aromatic nitrogens is 1. The average Bonchev–Trinajstić information content (AvgIpc) is 3.71. The zero-order valence-electron chi connectivity index (χ0n) is 21.2. The van der Waals surface area contributed by atoms with Crippen LogP contribution in [0.15, 0.2) is 72.9 Å². The lowest BCUT2D eigenvalue weighted by molar-refractivity contribution is -0.132. The van der Waals surface area contributed by atoms with Gasteiger partial charge in [-0.05, 0) is 72.9 Å². The van der Waals surface area contributed by atoms with Crippen molar-refractivity contribution in [2.75, 3.05) is 18.4 Å². The van der Waals surface area contributed by atoms with Gasteiger partial charge in [0.25, 0.3) is 0 Å². The minimum absolute atomic E-state index is 0.0211. The molecule has 1 aromatic heterocycles. The summed E-state index contributed by atoms with van der Waals surface area (Å²) in [7, 11) is 0. The van der Waals surface area contributed by atoms with Gasteiger partial charge in [0.05, 0.1) is 21.7 Å². The van der Waals surface area contributed by atoms with Crippen LogP contribution < -0.4 is 5.32 Å². The second kappa shape index (κ2) is 11.8. The van der Waals surface area contributed by atoms with E-state index in [1.54, 1.807) is 46.2 Å². The van der Waals surface area contributed by atoms with E-state index in [-0.39, 0.29) is 24.5 Å². The fourth-order valence-corrected chi connectivity index (χ4v) is 4.89. The first-order valence-electron chi connectivity index (χ1n) is 12.8. The van der Waals surface area contributed by atoms with Gasteiger partial charge in [-0.3, -0.25) is 4.79 Å². The van der Waals surface area contributed by atoms with Crippen molar-refractivity contribution in [3.63, 3.8) is 0 Å². The van der Waals surface area contributed by atoms with Crippen molar-refractivity contribution in [3.8, 4) is 6.07 Å². The van der Waals surface area contributed by atoms with Gasteiger partial charge in [0.15, 0.2) is 0 Å². The van der Waals surface area contributed by atoms with E-state index >= 15 is 0 Å². The summed E-state index contributed by atoms with van der Waals surface area (Å²) < 4.78 is 0. The molecule has 4 aromatic rings. The van der Waals surface area contributed by atoms with Crippen molar-refractivity contribution in [2.24, 2.45) is 0 Å². The summed E-state index contributed by atoms with van der Waals surface area (Å²) in [4.78, 5) is 33.6. The number of amides is 3. The molecule has 39 heavy (non-hydrogen) atoms. The SMILES string of the molecule is N#Cc1ccc(NC(=O)N(CC(=O)N(CCc2c[nH]c3ccccc23)Cc2ccc(Cl)c(Cl)c2)C2CC2)cc1. The van der Waals surface area contributed by atoms with E-state index in [9.17, 15) is 9.59 Å². The maximum atomic E-state index is 13.7. The number of fused-ring (bicyclic) bond motifs is 1. The Morgan fingerprint density at radius 2 is 1.79 bits per heavy atom. The van der Waals surface area contributed by atoms with Crippen LogP contribution in [0.25, 0.3) is 10.9 Å². The van der Waals surface area contributed by atoms with Gasteiger partial charge in [0, 0.05) is 41.9 Å². The number of urea groups is 1. The van der Waals surface area contributed by atoms with Crippen LogP contribution in [-0.2, 0) is 17.8 Å². The van der Waals surface area contributed by atoms with Crippen molar-refractivity contribution in [1.82, 2.24) is 14.8 Å². The quantitative estimate of drug-likeness (QED) is 0.241. The van der Waals surface area contributed by atoms with E-state index in [2.05, 4.69) is 22.4 Å². The lowest BCUT2D eigenvalue weighted by atomic mass is 10.1. The third kappa shape index (κ3) is 6.54. The zero-order chi connectivity index (χ0) is 27.4. The molecular weight excluding hydrogens is 533 g/mol. The maximum Gasteiger partial charge on any atom is 0.322 e. The number of H-pyrrole nitrogens is 1. The molecule has 0 atom stereocenters. The molecule has 0 spiro atoms. The monoisotopic (exact) mass is 559 g/mol. The van der Waals surface area contributed by atoms with Crippen molar-refractivity contribution < 1.29 is 9.59 Å². The Morgan fingerprint density at radius 3 is 2.51 bits per heavy atom. The molecule has 1 aliphatic carbocycles. The normalized spacial score (nSPS) is 12.6. The second-order valence-corrected chi connectivity index (χ2v) is 10.5. The molecule has 3 amide bonds. The number of nitrogens with one attached hydrogen (secondary N) is 2. The van der Waals surface area contributed by atoms with Crippen LogP contribution in [0.2, 0.25) is 10.0 Å². The molecule has 9 heteroatoms. The van der Waals surface area contributed by atoms with Gasteiger partial charge in [-0.25, -0.2) is 4.79 Å². The fraction of sp³-hybridized carbons (Fsp3) is 0.233. The minimum atomic E-state index is -0.332. The second-order valence-electron chi connectivity index (χ2n) is 9.65. The van der Waals surface area contributed by atoms with E-state index in [0.717, 1.165) is 34.9 Å². The van der Waals surface area contributed by atoms with Crippen molar-refractivity contribution in [3.05, 3.63) is 99.7 Å². The fourth-order valence-electron chi connectivity index (χ4n) is 4.57. The standard InChI is InChI=1S/C30H27Cl2N5O2/c31-26-12-7-21(15-27(26)32)18-36(14-13-22-17-34-28-4-2-1-3-25(22)28)29(38)19-37(24-10-11-24)30(39)35-23-8-5-20(16-33)6-9-23/h1-9,12,15,17,24,34H,10-11,13-14,18-19H2,(H,35,39). The van der Waals surface area contributed by atoms with E-state index in [1.165, 1.54) is 0 Å². The molecule has 0 saturated heterocycles. The molecule has 1 fully saturated rings. The number of carbonyl (C=O) groups is 2. The molecule has 0 aliphatic heterocycles. The summed E-state index contributed by atoms with van der Waals surface area (Å²) >= 11 is 12.4. The van der Waals surface area contributed by atoms with Gasteiger partial charge in [0.1, 0.15) is 6.54 Å². The summed E-state index contributed by atoms with van der Waals surface area (Å²) in [5, 5.41) is 13.9. The summed E-state index contributed by atoms with van der Waals surface area (Å²) in [5.41, 5.74) is 4.11. The van der Waals surface area contributed by atoms with E-state index in [1.807, 2.05) is 30.5 Å². The van der Waals surface area contributed by atoms with Crippen LogP contribution in [0, 0.1) is 11.3 Å². The van der Waals surface area contributed by atoms with E-state index in [4.69, 9.17) is 28.5 Å². The van der Waals surface area contributed by atoms with Crippen molar-refractivity contribution >= 4 is 51.7 Å². The molecule has 198 valence electrons. The Morgan fingerprint density at radius 1 is 1.03 bits per heavy atom.